The molecule has 1 aromatic carbocycles. The number of rotatable bonds is 5. The van der Waals surface area contributed by atoms with Crippen LogP contribution in [0, 0.1) is 6.92 Å². The zero-order chi connectivity index (χ0) is 26.9. The number of benzene rings is 1. The van der Waals surface area contributed by atoms with Gasteiger partial charge in [-0.2, -0.15) is 13.2 Å². The van der Waals surface area contributed by atoms with Gasteiger partial charge in [-0.25, -0.2) is 28.5 Å². The van der Waals surface area contributed by atoms with Gasteiger partial charge < -0.3 is 15.3 Å². The smallest absolute Gasteiger partial charge is 0.434 e. The van der Waals surface area contributed by atoms with Crippen LogP contribution in [-0.4, -0.2) is 49.4 Å². The summed E-state index contributed by atoms with van der Waals surface area (Å²) in [5, 5.41) is 12.8. The van der Waals surface area contributed by atoms with E-state index in [1.54, 1.807) is 26.0 Å². The fourth-order valence-electron chi connectivity index (χ4n) is 4.35. The van der Waals surface area contributed by atoms with E-state index in [4.69, 9.17) is 11.6 Å². The van der Waals surface area contributed by atoms with Crippen LogP contribution in [-0.2, 0) is 6.18 Å². The third kappa shape index (κ3) is 4.47. The molecule has 8 nitrogen and oxygen atoms in total. The van der Waals surface area contributed by atoms with Crippen molar-refractivity contribution in [3.8, 4) is 0 Å². The molecule has 0 saturated carbocycles. The Labute approximate surface area is 210 Å². The van der Waals surface area contributed by atoms with E-state index in [0.717, 1.165) is 10.6 Å². The summed E-state index contributed by atoms with van der Waals surface area (Å²) in [4.78, 5) is 25.0. The first-order valence-corrected chi connectivity index (χ1v) is 11.3. The summed E-state index contributed by atoms with van der Waals surface area (Å²) in [5.41, 5.74) is -0.0224. The second kappa shape index (κ2) is 8.40. The number of aryl methyl sites for hydroxylation is 1. The number of carboxylic acid groups (broad SMARTS) is 1. The molecule has 14 heteroatoms. The van der Waals surface area contributed by atoms with Gasteiger partial charge in [0.05, 0.1) is 30.3 Å². The lowest BCUT2D eigenvalue weighted by Crippen LogP contribution is -2.57. The Hall–Kier alpha value is -3.74. The van der Waals surface area contributed by atoms with E-state index in [-0.39, 0.29) is 39.0 Å². The van der Waals surface area contributed by atoms with Gasteiger partial charge in [-0.15, -0.1) is 0 Å². The van der Waals surface area contributed by atoms with E-state index < -0.39 is 42.9 Å². The lowest BCUT2D eigenvalue weighted by Gasteiger charge is -2.39. The molecule has 1 fully saturated rings. The summed E-state index contributed by atoms with van der Waals surface area (Å²) in [6.45, 7) is 2.03. The van der Waals surface area contributed by atoms with Crippen molar-refractivity contribution in [3.05, 3.63) is 58.1 Å². The predicted octanol–water partition coefficient (Wildman–Crippen LogP) is 5.58. The van der Waals surface area contributed by atoms with Crippen LogP contribution in [0.4, 0.5) is 33.6 Å². The average molecular weight is 541 g/mol. The third-order valence-corrected chi connectivity index (χ3v) is 6.19. The molecule has 194 valence electrons. The normalized spacial score (nSPS) is 16.2. The van der Waals surface area contributed by atoms with Crippen LogP contribution < -0.4 is 10.2 Å². The summed E-state index contributed by atoms with van der Waals surface area (Å²) in [7, 11) is 0. The van der Waals surface area contributed by atoms with Crippen molar-refractivity contribution in [2.75, 3.05) is 23.3 Å². The largest absolute Gasteiger partial charge is 0.476 e. The molecule has 0 bridgehead atoms. The Morgan fingerprint density at radius 3 is 2.51 bits per heavy atom. The molecule has 1 aliphatic rings. The fourth-order valence-corrected chi connectivity index (χ4v) is 4.50. The molecule has 0 amide bonds. The number of hydrogen-bond acceptors (Lipinski definition) is 6. The molecular formula is C23H18ClF5N6O2. The number of carbonyl (C=O) groups is 1. The first kappa shape index (κ1) is 24.9. The van der Waals surface area contributed by atoms with Crippen molar-refractivity contribution in [2.24, 2.45) is 0 Å². The Morgan fingerprint density at radius 2 is 1.89 bits per heavy atom. The van der Waals surface area contributed by atoms with Crippen molar-refractivity contribution < 1.29 is 31.9 Å². The van der Waals surface area contributed by atoms with Gasteiger partial charge in [-0.3, -0.25) is 4.40 Å². The van der Waals surface area contributed by atoms with E-state index in [9.17, 15) is 31.9 Å². The number of alkyl halides is 5. The van der Waals surface area contributed by atoms with Gasteiger partial charge in [-0.1, -0.05) is 17.7 Å². The molecule has 2 N–H and O–H groups in total. The lowest BCUT2D eigenvalue weighted by molar-refractivity contribution is -0.140. The number of anilines is 2. The van der Waals surface area contributed by atoms with Gasteiger partial charge in [0, 0.05) is 17.1 Å². The highest BCUT2D eigenvalue weighted by Gasteiger charge is 2.46. The van der Waals surface area contributed by atoms with Gasteiger partial charge in [0.15, 0.2) is 11.4 Å². The average Bonchev–Trinajstić information content (AvgIpc) is 3.24. The van der Waals surface area contributed by atoms with Crippen LogP contribution >= 0.6 is 11.6 Å². The molecule has 3 aromatic heterocycles. The molecule has 0 radical (unpaired) electrons. The second-order valence-electron chi connectivity index (χ2n) is 8.89. The molecule has 0 aliphatic carbocycles. The van der Waals surface area contributed by atoms with E-state index in [1.165, 1.54) is 17.0 Å². The molecule has 37 heavy (non-hydrogen) atoms. The number of nitrogens with one attached hydrogen (secondary N) is 1. The van der Waals surface area contributed by atoms with Crippen molar-refractivity contribution >= 4 is 45.8 Å². The number of halogens is 6. The molecule has 4 aromatic rings. The van der Waals surface area contributed by atoms with Gasteiger partial charge in [-0.05, 0) is 37.6 Å². The number of pyridine rings is 1. The van der Waals surface area contributed by atoms with E-state index in [2.05, 4.69) is 20.3 Å². The van der Waals surface area contributed by atoms with Gasteiger partial charge in [0.25, 0.3) is 5.92 Å². The number of fused-ring (bicyclic) bond motifs is 3. The van der Waals surface area contributed by atoms with Gasteiger partial charge in [0.2, 0.25) is 5.95 Å². The van der Waals surface area contributed by atoms with Crippen LogP contribution in [0.2, 0.25) is 5.15 Å². The summed E-state index contributed by atoms with van der Waals surface area (Å²) in [6, 6.07) is 5.57. The molecule has 1 aliphatic heterocycles. The van der Waals surface area contributed by atoms with Gasteiger partial charge >= 0.3 is 12.1 Å². The Morgan fingerprint density at radius 1 is 1.19 bits per heavy atom. The maximum absolute atomic E-state index is 13.7. The maximum Gasteiger partial charge on any atom is 0.434 e. The van der Waals surface area contributed by atoms with Gasteiger partial charge in [0.1, 0.15) is 10.8 Å². The number of aromatic nitrogens is 4. The SMILES string of the molecule is Cc1cc([C@@H](C)Nc2ccc(Cl)nc2C(=O)O)c2nc(N3CC(F)(F)C3)n3cc(C(F)(F)F)nc3c2c1. The van der Waals surface area contributed by atoms with Crippen LogP contribution in [0.1, 0.15) is 40.3 Å². The summed E-state index contributed by atoms with van der Waals surface area (Å²) in [5.74, 6) is -4.41. The monoisotopic (exact) mass is 540 g/mol. The predicted molar refractivity (Wildman–Crippen MR) is 126 cm³/mol. The molecule has 1 atom stereocenters. The minimum atomic E-state index is -4.76. The van der Waals surface area contributed by atoms with E-state index >= 15 is 0 Å². The highest BCUT2D eigenvalue weighted by Crippen LogP contribution is 2.38. The highest BCUT2D eigenvalue weighted by atomic mass is 35.5. The lowest BCUT2D eigenvalue weighted by atomic mass is 10.0. The zero-order valence-corrected chi connectivity index (χ0v) is 20.0. The van der Waals surface area contributed by atoms with Crippen molar-refractivity contribution in [1.82, 2.24) is 19.4 Å². The second-order valence-corrected chi connectivity index (χ2v) is 9.28. The maximum atomic E-state index is 13.7. The molecule has 0 unspecified atom stereocenters. The minimum absolute atomic E-state index is 0.0172. The van der Waals surface area contributed by atoms with Crippen LogP contribution in [0.3, 0.4) is 0 Å². The van der Waals surface area contributed by atoms with Crippen molar-refractivity contribution in [3.63, 3.8) is 0 Å². The summed E-state index contributed by atoms with van der Waals surface area (Å²) < 4.78 is 69.0. The van der Waals surface area contributed by atoms with Crippen molar-refractivity contribution in [2.45, 2.75) is 32.0 Å². The first-order chi connectivity index (χ1) is 17.2. The topological polar surface area (TPSA) is 95.6 Å². The van der Waals surface area contributed by atoms with Crippen LogP contribution in [0.15, 0.2) is 30.5 Å². The van der Waals surface area contributed by atoms with E-state index in [0.29, 0.717) is 11.1 Å². The number of aromatic carboxylic acids is 1. The van der Waals surface area contributed by atoms with Crippen LogP contribution in [0.25, 0.3) is 16.6 Å². The van der Waals surface area contributed by atoms with Crippen LogP contribution in [0.5, 0.6) is 0 Å². The minimum Gasteiger partial charge on any atom is -0.476 e. The Kier molecular flexibility index (Phi) is 5.66. The molecular weight excluding hydrogens is 523 g/mol. The Bertz CT molecular complexity index is 1560. The molecule has 5 rings (SSSR count). The summed E-state index contributed by atoms with van der Waals surface area (Å²) in [6.07, 6.45) is -4.01. The van der Waals surface area contributed by atoms with E-state index in [1.807, 2.05) is 0 Å². The standard InChI is InChI=1S/C23H18ClF5N6O2/c1-10-5-12(11(2)30-14-3-4-16(24)32-18(14)20(36)37)17-13(6-10)19-31-15(23(27,28)29)7-35(19)21(33-17)34-8-22(25,26)9-34/h3-7,11,30H,8-9H2,1-2H3,(H,36,37)/t11-/m1/s1. The zero-order valence-electron chi connectivity index (χ0n) is 19.2. The number of hydrogen-bond donors (Lipinski definition) is 2. The number of nitrogens with zero attached hydrogens (tertiary/aromatic N) is 5. The highest BCUT2D eigenvalue weighted by molar-refractivity contribution is 6.29. The number of imidazole rings is 1. The summed E-state index contributed by atoms with van der Waals surface area (Å²) >= 11 is 5.83. The van der Waals surface area contributed by atoms with Crippen molar-refractivity contribution in [1.29, 1.82) is 0 Å². The Balaban J connectivity index is 1.70. The number of carboxylic acids is 1. The molecule has 0 spiro atoms. The quantitative estimate of drug-likeness (QED) is 0.252. The fraction of sp³-hybridized carbons (Fsp3) is 0.304. The third-order valence-electron chi connectivity index (χ3n) is 5.98. The molecule has 4 heterocycles. The first-order valence-electron chi connectivity index (χ1n) is 10.9. The molecule has 1 saturated heterocycles.